The number of rotatable bonds is 5. The first kappa shape index (κ1) is 18.1. The Hall–Kier alpha value is -2.24. The Labute approximate surface area is 144 Å². The van der Waals surface area contributed by atoms with E-state index < -0.39 is 0 Å². The summed E-state index contributed by atoms with van der Waals surface area (Å²) in [4.78, 5) is 11.1. The Bertz CT molecular complexity index is 678. The number of nitrogens with one attached hydrogen (secondary N) is 1. The molecule has 0 fully saturated rings. The van der Waals surface area contributed by atoms with E-state index in [-0.39, 0.29) is 5.41 Å². The molecule has 2 aromatic heterocycles. The molecular weight excluding hydrogens is 302 g/mol. The Morgan fingerprint density at radius 3 is 2.71 bits per heavy atom. The van der Waals surface area contributed by atoms with E-state index in [1.54, 1.807) is 6.20 Å². The van der Waals surface area contributed by atoms with Crippen LogP contribution in [0.5, 0.6) is 0 Å². The van der Waals surface area contributed by atoms with E-state index in [2.05, 4.69) is 58.5 Å². The second-order valence-corrected chi connectivity index (χ2v) is 7.00. The fourth-order valence-corrected chi connectivity index (χ4v) is 2.32. The normalized spacial score (nSPS) is 12.5. The molecule has 0 saturated heterocycles. The van der Waals surface area contributed by atoms with Crippen molar-refractivity contribution in [1.82, 2.24) is 19.8 Å². The molecule has 0 aliphatic rings. The van der Waals surface area contributed by atoms with Crippen LogP contribution in [0.1, 0.15) is 45.0 Å². The van der Waals surface area contributed by atoms with Gasteiger partial charge in [-0.25, -0.2) is 9.98 Å². The minimum absolute atomic E-state index is 0.0389. The zero-order chi connectivity index (χ0) is 17.7. The van der Waals surface area contributed by atoms with Gasteiger partial charge in [0.2, 0.25) is 5.89 Å². The van der Waals surface area contributed by atoms with Gasteiger partial charge in [0.15, 0.2) is 5.96 Å². The largest absolute Gasteiger partial charge is 0.443 e. The topological polar surface area (TPSA) is 58.6 Å². The van der Waals surface area contributed by atoms with Crippen LogP contribution in [0.4, 0.5) is 0 Å². The quantitative estimate of drug-likeness (QED) is 0.676. The third-order valence-corrected chi connectivity index (χ3v) is 3.80. The number of aryl methyl sites for hydroxylation is 1. The Kier molecular flexibility index (Phi) is 5.70. The van der Waals surface area contributed by atoms with E-state index in [4.69, 9.17) is 4.42 Å². The van der Waals surface area contributed by atoms with Gasteiger partial charge in [-0.3, -0.25) is 0 Å². The van der Waals surface area contributed by atoms with Crippen molar-refractivity contribution in [3.8, 4) is 0 Å². The Balaban J connectivity index is 2.07. The van der Waals surface area contributed by atoms with Gasteiger partial charge >= 0.3 is 0 Å². The van der Waals surface area contributed by atoms with Gasteiger partial charge in [0, 0.05) is 37.9 Å². The summed E-state index contributed by atoms with van der Waals surface area (Å²) >= 11 is 0. The van der Waals surface area contributed by atoms with Gasteiger partial charge in [-0.15, -0.1) is 0 Å². The average molecular weight is 331 g/mol. The molecule has 132 valence electrons. The van der Waals surface area contributed by atoms with Gasteiger partial charge in [-0.2, -0.15) is 0 Å². The summed E-state index contributed by atoms with van der Waals surface area (Å²) in [5, 5.41) is 3.32. The summed E-state index contributed by atoms with van der Waals surface area (Å²) < 4.78 is 7.93. The standard InChI is InChI=1S/C18H29N5O/c1-7-19-17(23(6)13-14-9-8-10-22(14)5)21-12-16-20-11-15(24-16)18(2,3)4/h8-11H,7,12-13H2,1-6H3,(H,19,21). The number of guanidine groups is 1. The summed E-state index contributed by atoms with van der Waals surface area (Å²) in [6, 6.07) is 4.16. The van der Waals surface area contributed by atoms with Gasteiger partial charge in [-0.1, -0.05) is 20.8 Å². The molecule has 0 spiro atoms. The lowest BCUT2D eigenvalue weighted by atomic mass is 9.94. The molecule has 0 radical (unpaired) electrons. The average Bonchev–Trinajstić information content (AvgIpc) is 3.13. The molecule has 0 aliphatic heterocycles. The first-order valence-corrected chi connectivity index (χ1v) is 8.36. The number of hydrogen-bond donors (Lipinski definition) is 1. The van der Waals surface area contributed by atoms with Gasteiger partial charge < -0.3 is 19.2 Å². The fourth-order valence-electron chi connectivity index (χ4n) is 2.32. The lowest BCUT2D eigenvalue weighted by Crippen LogP contribution is -2.38. The Morgan fingerprint density at radius 1 is 1.42 bits per heavy atom. The predicted molar refractivity (Wildman–Crippen MR) is 96.9 cm³/mol. The highest BCUT2D eigenvalue weighted by atomic mass is 16.4. The monoisotopic (exact) mass is 331 g/mol. The molecule has 1 N–H and O–H groups in total. The second kappa shape index (κ2) is 7.55. The van der Waals surface area contributed by atoms with E-state index in [0.717, 1.165) is 24.8 Å². The highest BCUT2D eigenvalue weighted by Gasteiger charge is 2.19. The van der Waals surface area contributed by atoms with Crippen LogP contribution < -0.4 is 5.32 Å². The Morgan fingerprint density at radius 2 is 2.17 bits per heavy atom. The zero-order valence-corrected chi connectivity index (χ0v) is 15.6. The van der Waals surface area contributed by atoms with Crippen molar-refractivity contribution < 1.29 is 4.42 Å². The lowest BCUT2D eigenvalue weighted by molar-refractivity contribution is 0.382. The second-order valence-electron chi connectivity index (χ2n) is 7.00. The highest BCUT2D eigenvalue weighted by molar-refractivity contribution is 5.79. The summed E-state index contributed by atoms with van der Waals surface area (Å²) in [5.41, 5.74) is 1.19. The van der Waals surface area contributed by atoms with Crippen molar-refractivity contribution in [2.24, 2.45) is 12.0 Å². The van der Waals surface area contributed by atoms with E-state index >= 15 is 0 Å². The molecule has 2 rings (SSSR count). The summed E-state index contributed by atoms with van der Waals surface area (Å²) in [5.74, 6) is 2.37. The molecule has 24 heavy (non-hydrogen) atoms. The first-order chi connectivity index (χ1) is 11.3. The van der Waals surface area contributed by atoms with Gasteiger partial charge in [0.1, 0.15) is 12.3 Å². The number of hydrogen-bond acceptors (Lipinski definition) is 3. The van der Waals surface area contributed by atoms with Gasteiger partial charge in [0.05, 0.1) is 12.7 Å². The minimum Gasteiger partial charge on any atom is -0.443 e. The molecule has 0 aliphatic carbocycles. The third-order valence-electron chi connectivity index (χ3n) is 3.80. The van der Waals surface area contributed by atoms with Crippen LogP contribution in [-0.4, -0.2) is 34.0 Å². The van der Waals surface area contributed by atoms with E-state index in [1.165, 1.54) is 5.69 Å². The smallest absolute Gasteiger partial charge is 0.216 e. The molecule has 0 atom stereocenters. The van der Waals surface area contributed by atoms with Crippen molar-refractivity contribution in [2.45, 2.75) is 46.2 Å². The van der Waals surface area contributed by atoms with Crippen LogP contribution in [0.2, 0.25) is 0 Å². The van der Waals surface area contributed by atoms with E-state index in [9.17, 15) is 0 Å². The molecular formula is C18H29N5O. The van der Waals surface area contributed by atoms with E-state index in [0.29, 0.717) is 12.4 Å². The number of nitrogens with zero attached hydrogens (tertiary/aromatic N) is 4. The first-order valence-electron chi connectivity index (χ1n) is 8.36. The summed E-state index contributed by atoms with van der Waals surface area (Å²) in [7, 11) is 4.08. The van der Waals surface area contributed by atoms with Gasteiger partial charge in [-0.05, 0) is 19.1 Å². The molecule has 0 amide bonds. The van der Waals surface area contributed by atoms with Crippen molar-refractivity contribution in [1.29, 1.82) is 0 Å². The van der Waals surface area contributed by atoms with Crippen LogP contribution in [-0.2, 0) is 25.6 Å². The summed E-state index contributed by atoms with van der Waals surface area (Å²) in [6.07, 6.45) is 3.85. The zero-order valence-electron chi connectivity index (χ0n) is 15.6. The maximum atomic E-state index is 5.81. The highest BCUT2D eigenvalue weighted by Crippen LogP contribution is 2.22. The van der Waals surface area contributed by atoms with Crippen LogP contribution in [0.15, 0.2) is 33.9 Å². The maximum absolute atomic E-state index is 5.81. The van der Waals surface area contributed by atoms with Crippen molar-refractivity contribution in [3.63, 3.8) is 0 Å². The molecule has 0 saturated carbocycles. The van der Waals surface area contributed by atoms with E-state index in [1.807, 2.05) is 26.4 Å². The molecule has 0 aromatic carbocycles. The van der Waals surface area contributed by atoms with Crippen LogP contribution in [0, 0.1) is 0 Å². The van der Waals surface area contributed by atoms with Crippen LogP contribution >= 0.6 is 0 Å². The van der Waals surface area contributed by atoms with Crippen molar-refractivity contribution in [3.05, 3.63) is 41.9 Å². The summed E-state index contributed by atoms with van der Waals surface area (Å²) in [6.45, 7) is 10.4. The number of aliphatic imine (C=N–C) groups is 1. The fraction of sp³-hybridized carbons (Fsp3) is 0.556. The number of aromatic nitrogens is 2. The van der Waals surface area contributed by atoms with Crippen LogP contribution in [0.25, 0.3) is 0 Å². The lowest BCUT2D eigenvalue weighted by Gasteiger charge is -2.22. The molecule has 6 nitrogen and oxygen atoms in total. The molecule has 0 unspecified atom stereocenters. The molecule has 2 heterocycles. The van der Waals surface area contributed by atoms with Crippen LogP contribution in [0.3, 0.4) is 0 Å². The maximum Gasteiger partial charge on any atom is 0.216 e. The number of oxazole rings is 1. The van der Waals surface area contributed by atoms with Crippen molar-refractivity contribution in [2.75, 3.05) is 13.6 Å². The molecule has 6 heteroatoms. The molecule has 2 aromatic rings. The SMILES string of the molecule is CCNC(=NCc1ncc(C(C)(C)C)o1)N(C)Cc1cccn1C. The third kappa shape index (κ3) is 4.63. The minimum atomic E-state index is -0.0389. The van der Waals surface area contributed by atoms with Crippen molar-refractivity contribution >= 4 is 5.96 Å². The predicted octanol–water partition coefficient (Wildman–Crippen LogP) is 2.91. The van der Waals surface area contributed by atoms with Gasteiger partial charge in [0.25, 0.3) is 0 Å². The molecule has 0 bridgehead atoms.